The van der Waals surface area contributed by atoms with Gasteiger partial charge in [-0.3, -0.25) is 14.6 Å². The van der Waals surface area contributed by atoms with E-state index in [1.165, 1.54) is 10.5 Å². The predicted molar refractivity (Wildman–Crippen MR) is 117 cm³/mol. The fourth-order valence-electron chi connectivity index (χ4n) is 4.66. The SMILES string of the molecule is O=C1NC2(CCCN(Cc3ccccc3)C2)C(=O)N1CCCOc1ccc2c(c1)OCO2. The van der Waals surface area contributed by atoms with E-state index in [9.17, 15) is 9.59 Å². The Morgan fingerprint density at radius 3 is 2.78 bits per heavy atom. The molecule has 2 saturated heterocycles. The second-order valence-electron chi connectivity index (χ2n) is 8.49. The molecule has 1 N–H and O–H groups in total. The first-order valence-corrected chi connectivity index (χ1v) is 11.1. The highest BCUT2D eigenvalue weighted by atomic mass is 16.7. The lowest BCUT2D eigenvalue weighted by atomic mass is 9.88. The molecule has 3 amide bonds. The average molecular weight is 437 g/mol. The highest BCUT2D eigenvalue weighted by molar-refractivity contribution is 6.07. The smallest absolute Gasteiger partial charge is 0.325 e. The van der Waals surface area contributed by atoms with Crippen molar-refractivity contribution in [1.82, 2.24) is 15.1 Å². The van der Waals surface area contributed by atoms with Crippen LogP contribution in [0.15, 0.2) is 48.5 Å². The molecule has 0 aliphatic carbocycles. The minimum atomic E-state index is -0.817. The number of carbonyl (C=O) groups excluding carboxylic acids is 2. The Morgan fingerprint density at radius 1 is 1.06 bits per heavy atom. The number of carbonyl (C=O) groups is 2. The van der Waals surface area contributed by atoms with Crippen LogP contribution in [0.5, 0.6) is 17.2 Å². The monoisotopic (exact) mass is 437 g/mol. The Kier molecular flexibility index (Phi) is 5.61. The van der Waals surface area contributed by atoms with Crippen LogP contribution in [0.1, 0.15) is 24.8 Å². The molecule has 0 saturated carbocycles. The summed E-state index contributed by atoms with van der Waals surface area (Å²) < 4.78 is 16.4. The number of nitrogens with zero attached hydrogens (tertiary/aromatic N) is 2. The van der Waals surface area contributed by atoms with Gasteiger partial charge in [0.05, 0.1) is 6.61 Å². The Bertz CT molecular complexity index is 998. The van der Waals surface area contributed by atoms with Crippen LogP contribution in [0.25, 0.3) is 0 Å². The van der Waals surface area contributed by atoms with Gasteiger partial charge in [0.1, 0.15) is 11.3 Å². The molecule has 8 nitrogen and oxygen atoms in total. The van der Waals surface area contributed by atoms with Crippen LogP contribution in [-0.2, 0) is 11.3 Å². The number of nitrogens with one attached hydrogen (secondary N) is 1. The van der Waals surface area contributed by atoms with Gasteiger partial charge in [-0.05, 0) is 43.5 Å². The molecule has 1 atom stereocenters. The Morgan fingerprint density at radius 2 is 1.91 bits per heavy atom. The molecule has 3 aliphatic rings. The summed E-state index contributed by atoms with van der Waals surface area (Å²) in [6.07, 6.45) is 2.10. The molecule has 0 radical (unpaired) electrons. The lowest BCUT2D eigenvalue weighted by Crippen LogP contribution is -2.58. The lowest BCUT2D eigenvalue weighted by molar-refractivity contribution is -0.133. The van der Waals surface area contributed by atoms with Crippen LogP contribution >= 0.6 is 0 Å². The fraction of sp³-hybridized carbons (Fsp3) is 0.417. The molecule has 2 fully saturated rings. The molecule has 8 heteroatoms. The van der Waals surface area contributed by atoms with Crippen molar-refractivity contribution in [3.05, 3.63) is 54.1 Å². The van der Waals surface area contributed by atoms with E-state index < -0.39 is 5.54 Å². The van der Waals surface area contributed by atoms with E-state index in [2.05, 4.69) is 22.3 Å². The average Bonchev–Trinajstić information content (AvgIpc) is 3.35. The zero-order valence-corrected chi connectivity index (χ0v) is 17.9. The molecule has 5 rings (SSSR count). The molecule has 0 aromatic heterocycles. The number of urea groups is 1. The van der Waals surface area contributed by atoms with Crippen LogP contribution in [0.3, 0.4) is 0 Å². The summed E-state index contributed by atoms with van der Waals surface area (Å²) in [4.78, 5) is 29.4. The zero-order valence-electron chi connectivity index (χ0n) is 17.9. The molecule has 1 unspecified atom stereocenters. The van der Waals surface area contributed by atoms with Crippen molar-refractivity contribution in [3.8, 4) is 17.2 Å². The van der Waals surface area contributed by atoms with Crippen molar-refractivity contribution >= 4 is 11.9 Å². The number of fused-ring (bicyclic) bond motifs is 1. The minimum absolute atomic E-state index is 0.122. The summed E-state index contributed by atoms with van der Waals surface area (Å²) in [6, 6.07) is 15.3. The maximum atomic E-state index is 13.2. The van der Waals surface area contributed by atoms with Gasteiger partial charge >= 0.3 is 6.03 Å². The van der Waals surface area contributed by atoms with E-state index in [0.717, 1.165) is 19.5 Å². The van der Waals surface area contributed by atoms with E-state index in [1.54, 1.807) is 6.07 Å². The summed E-state index contributed by atoms with van der Waals surface area (Å²) in [7, 11) is 0. The third-order valence-corrected chi connectivity index (χ3v) is 6.21. The van der Waals surface area contributed by atoms with Crippen LogP contribution in [0, 0.1) is 0 Å². The Hall–Kier alpha value is -3.26. The number of imide groups is 1. The van der Waals surface area contributed by atoms with Crippen LogP contribution in [-0.4, -0.2) is 60.3 Å². The molecule has 3 aliphatic heterocycles. The normalized spacial score (nSPS) is 22.4. The predicted octanol–water partition coefficient (Wildman–Crippen LogP) is 2.77. The number of piperidine rings is 1. The number of benzene rings is 2. The third-order valence-electron chi connectivity index (χ3n) is 6.21. The van der Waals surface area contributed by atoms with Gasteiger partial charge in [-0.25, -0.2) is 4.79 Å². The van der Waals surface area contributed by atoms with Crippen molar-refractivity contribution in [2.75, 3.05) is 33.0 Å². The highest BCUT2D eigenvalue weighted by Gasteiger charge is 2.52. The first-order chi connectivity index (χ1) is 15.6. The zero-order chi connectivity index (χ0) is 22.0. The van der Waals surface area contributed by atoms with Crippen molar-refractivity contribution in [1.29, 1.82) is 0 Å². The topological polar surface area (TPSA) is 80.3 Å². The van der Waals surface area contributed by atoms with Crippen molar-refractivity contribution in [2.45, 2.75) is 31.3 Å². The quantitative estimate of drug-likeness (QED) is 0.530. The summed E-state index contributed by atoms with van der Waals surface area (Å²) >= 11 is 0. The van der Waals surface area contributed by atoms with Gasteiger partial charge in [0, 0.05) is 25.7 Å². The Balaban J connectivity index is 1.15. The van der Waals surface area contributed by atoms with Crippen molar-refractivity contribution in [3.63, 3.8) is 0 Å². The van der Waals surface area contributed by atoms with Crippen molar-refractivity contribution in [2.24, 2.45) is 0 Å². The van der Waals surface area contributed by atoms with Crippen LogP contribution < -0.4 is 19.5 Å². The number of hydrogen-bond acceptors (Lipinski definition) is 6. The molecule has 2 aromatic carbocycles. The van der Waals surface area contributed by atoms with E-state index in [4.69, 9.17) is 14.2 Å². The standard InChI is InChI=1S/C24H27N3O5/c28-22-24(10-4-11-26(16-24)15-18-6-2-1-3-7-18)25-23(29)27(22)12-5-13-30-19-8-9-20-21(14-19)32-17-31-20/h1-3,6-9,14H,4-5,10-13,15-17H2,(H,25,29). The maximum Gasteiger partial charge on any atom is 0.325 e. The molecule has 32 heavy (non-hydrogen) atoms. The number of likely N-dealkylation sites (tertiary alicyclic amines) is 1. The second-order valence-corrected chi connectivity index (χ2v) is 8.49. The first kappa shape index (κ1) is 20.6. The number of rotatable bonds is 7. The molecular weight excluding hydrogens is 410 g/mol. The second kappa shape index (κ2) is 8.70. The van der Waals surface area contributed by atoms with Crippen LogP contribution in [0.2, 0.25) is 0 Å². The van der Waals surface area contributed by atoms with Gasteiger partial charge in [-0.1, -0.05) is 30.3 Å². The minimum Gasteiger partial charge on any atom is -0.493 e. The molecule has 2 aromatic rings. The molecule has 3 heterocycles. The lowest BCUT2D eigenvalue weighted by Gasteiger charge is -2.38. The highest BCUT2D eigenvalue weighted by Crippen LogP contribution is 2.35. The van der Waals surface area contributed by atoms with E-state index >= 15 is 0 Å². The summed E-state index contributed by atoms with van der Waals surface area (Å²) in [6.45, 7) is 3.17. The molecule has 168 valence electrons. The van der Waals surface area contributed by atoms with E-state index in [-0.39, 0.29) is 18.7 Å². The van der Waals surface area contributed by atoms with Gasteiger partial charge in [0.15, 0.2) is 11.5 Å². The summed E-state index contributed by atoms with van der Waals surface area (Å²) in [5, 5.41) is 3.00. The first-order valence-electron chi connectivity index (χ1n) is 11.1. The van der Waals surface area contributed by atoms with Crippen LogP contribution in [0.4, 0.5) is 4.79 Å². The Labute approximate surface area is 187 Å². The van der Waals surface area contributed by atoms with Gasteiger partial charge in [-0.2, -0.15) is 0 Å². The largest absolute Gasteiger partial charge is 0.493 e. The third kappa shape index (κ3) is 4.10. The fourth-order valence-corrected chi connectivity index (χ4v) is 4.66. The number of hydrogen-bond donors (Lipinski definition) is 1. The summed E-state index contributed by atoms with van der Waals surface area (Å²) in [5.74, 6) is 1.92. The van der Waals surface area contributed by atoms with Gasteiger partial charge in [0.2, 0.25) is 6.79 Å². The molecule has 0 bridgehead atoms. The summed E-state index contributed by atoms with van der Waals surface area (Å²) in [5.41, 5.74) is 0.390. The van der Waals surface area contributed by atoms with Gasteiger partial charge < -0.3 is 19.5 Å². The van der Waals surface area contributed by atoms with Gasteiger partial charge in [-0.15, -0.1) is 0 Å². The van der Waals surface area contributed by atoms with Gasteiger partial charge in [0.25, 0.3) is 5.91 Å². The van der Waals surface area contributed by atoms with Crippen molar-refractivity contribution < 1.29 is 23.8 Å². The number of ether oxygens (including phenoxy) is 3. The van der Waals surface area contributed by atoms with E-state index in [1.807, 2.05) is 30.3 Å². The molecular formula is C24H27N3O5. The van der Waals surface area contributed by atoms with E-state index in [0.29, 0.717) is 49.8 Å². The number of amides is 3. The molecule has 1 spiro atoms. The maximum absolute atomic E-state index is 13.2.